The zero-order chi connectivity index (χ0) is 29.1. The average molecular weight is 565 g/mol. The van der Waals surface area contributed by atoms with Crippen LogP contribution in [0.4, 0.5) is 0 Å². The van der Waals surface area contributed by atoms with Crippen LogP contribution in [-0.4, -0.2) is 9.55 Å². The van der Waals surface area contributed by atoms with Gasteiger partial charge in [-0.2, -0.15) is 0 Å². The highest BCUT2D eigenvalue weighted by atomic mass is 15.1. The van der Waals surface area contributed by atoms with E-state index in [1.54, 1.807) is 0 Å². The van der Waals surface area contributed by atoms with Crippen LogP contribution in [0.2, 0.25) is 0 Å². The van der Waals surface area contributed by atoms with E-state index in [2.05, 4.69) is 66.3 Å². The molecule has 0 N–H and O–H groups in total. The average Bonchev–Trinajstić information content (AvgIpc) is 3.53. The van der Waals surface area contributed by atoms with Gasteiger partial charge in [0.05, 0.1) is 6.33 Å². The first-order chi connectivity index (χ1) is 20.3. The van der Waals surface area contributed by atoms with Gasteiger partial charge in [0.15, 0.2) is 0 Å². The van der Waals surface area contributed by atoms with Crippen LogP contribution in [0.15, 0.2) is 49.1 Å². The lowest BCUT2D eigenvalue weighted by Gasteiger charge is -2.29. The number of rotatable bonds is 29. The van der Waals surface area contributed by atoms with Gasteiger partial charge in [-0.3, -0.25) is 0 Å². The Morgan fingerprint density at radius 1 is 0.537 bits per heavy atom. The van der Waals surface area contributed by atoms with Gasteiger partial charge in [-0.1, -0.05) is 192 Å². The first-order valence-electron chi connectivity index (χ1n) is 18.4. The molecule has 1 aromatic carbocycles. The highest BCUT2D eigenvalue weighted by Crippen LogP contribution is 2.32. The molecule has 2 nitrogen and oxygen atoms in total. The molecule has 0 fully saturated rings. The summed E-state index contributed by atoms with van der Waals surface area (Å²) in [6.45, 7) is 4.61. The fraction of sp³-hybridized carbons (Fsp3) is 0.769. The van der Waals surface area contributed by atoms with Crippen molar-refractivity contribution in [3.63, 3.8) is 0 Å². The van der Waals surface area contributed by atoms with E-state index in [0.29, 0.717) is 12.0 Å². The van der Waals surface area contributed by atoms with Crippen LogP contribution in [-0.2, 0) is 6.42 Å². The third-order valence-corrected chi connectivity index (χ3v) is 9.32. The smallest absolute Gasteiger partial charge is 0.0948 e. The van der Waals surface area contributed by atoms with Crippen molar-refractivity contribution < 1.29 is 0 Å². The summed E-state index contributed by atoms with van der Waals surface area (Å²) in [5.41, 5.74) is 1.50. The van der Waals surface area contributed by atoms with Crippen molar-refractivity contribution in [2.24, 2.45) is 5.92 Å². The summed E-state index contributed by atoms with van der Waals surface area (Å²) < 4.78 is 2.45. The van der Waals surface area contributed by atoms with E-state index in [4.69, 9.17) is 0 Å². The molecule has 0 amide bonds. The van der Waals surface area contributed by atoms with Gasteiger partial charge in [-0.15, -0.1) is 0 Å². The van der Waals surface area contributed by atoms with Crippen LogP contribution >= 0.6 is 0 Å². The molecule has 0 saturated carbocycles. The molecule has 1 heterocycles. The van der Waals surface area contributed by atoms with Gasteiger partial charge in [-0.05, 0) is 30.7 Å². The Hall–Kier alpha value is -1.57. The van der Waals surface area contributed by atoms with E-state index in [0.717, 1.165) is 0 Å². The molecule has 41 heavy (non-hydrogen) atoms. The lowest BCUT2D eigenvalue weighted by molar-refractivity contribution is 0.275. The van der Waals surface area contributed by atoms with Crippen LogP contribution in [0.5, 0.6) is 0 Å². The first kappa shape index (κ1) is 35.6. The van der Waals surface area contributed by atoms with Crippen LogP contribution in [0.3, 0.4) is 0 Å². The number of nitrogens with zero attached hydrogens (tertiary/aromatic N) is 2. The molecular weight excluding hydrogens is 496 g/mol. The fourth-order valence-corrected chi connectivity index (χ4v) is 6.71. The van der Waals surface area contributed by atoms with Gasteiger partial charge in [-0.25, -0.2) is 4.98 Å². The molecule has 0 aliphatic carbocycles. The van der Waals surface area contributed by atoms with Gasteiger partial charge in [0, 0.05) is 18.4 Å². The minimum absolute atomic E-state index is 0.573. The second-order valence-electron chi connectivity index (χ2n) is 13.0. The summed E-state index contributed by atoms with van der Waals surface area (Å²) in [5, 5.41) is 0. The lowest BCUT2D eigenvalue weighted by atomic mass is 9.84. The molecule has 2 aromatic rings. The normalized spacial score (nSPS) is 13.0. The summed E-state index contributed by atoms with van der Waals surface area (Å²) in [6, 6.07) is 11.8. The van der Waals surface area contributed by atoms with Crippen molar-refractivity contribution in [3.05, 3.63) is 54.6 Å². The molecule has 0 saturated heterocycles. The molecule has 2 heteroatoms. The summed E-state index contributed by atoms with van der Waals surface area (Å²) >= 11 is 0. The summed E-state index contributed by atoms with van der Waals surface area (Å²) in [7, 11) is 0. The standard InChI is InChI=1S/C39H68N2/c1-3-5-7-9-11-13-15-16-17-19-21-23-28-32-39(41-34-33-40-36-41)38(35-37-29-25-24-26-30-37)31-27-22-20-18-14-12-10-8-6-4-2/h24-26,29-30,33-34,36,38-39H,3-23,27-28,31-32,35H2,1-2H3. The van der Waals surface area contributed by atoms with E-state index in [1.807, 2.05) is 6.20 Å². The Kier molecular flexibility index (Phi) is 22.7. The van der Waals surface area contributed by atoms with E-state index < -0.39 is 0 Å². The van der Waals surface area contributed by atoms with E-state index in [1.165, 1.54) is 173 Å². The zero-order valence-electron chi connectivity index (χ0n) is 27.6. The highest BCUT2D eigenvalue weighted by Gasteiger charge is 2.23. The Balaban J connectivity index is 1.72. The summed E-state index contributed by atoms with van der Waals surface area (Å²) in [5.74, 6) is 0.693. The molecule has 0 aliphatic rings. The lowest BCUT2D eigenvalue weighted by Crippen LogP contribution is -2.21. The van der Waals surface area contributed by atoms with Gasteiger partial charge in [0.25, 0.3) is 0 Å². The maximum atomic E-state index is 4.47. The minimum Gasteiger partial charge on any atom is -0.334 e. The summed E-state index contributed by atoms with van der Waals surface area (Å²) in [6.07, 6.45) is 42.8. The Labute approximate surface area is 256 Å². The van der Waals surface area contributed by atoms with Crippen LogP contribution in [0, 0.1) is 5.92 Å². The number of unbranched alkanes of at least 4 members (excludes halogenated alkanes) is 21. The highest BCUT2D eigenvalue weighted by molar-refractivity contribution is 5.15. The van der Waals surface area contributed by atoms with Crippen molar-refractivity contribution in [2.75, 3.05) is 0 Å². The topological polar surface area (TPSA) is 17.8 Å². The largest absolute Gasteiger partial charge is 0.334 e. The fourth-order valence-electron chi connectivity index (χ4n) is 6.71. The SMILES string of the molecule is CCCCCCCCCCCCCCCC(C(CCCCCCCCCCCC)Cc1ccccc1)n1ccnc1. The Morgan fingerprint density at radius 3 is 1.41 bits per heavy atom. The quantitative estimate of drug-likeness (QED) is 0.0898. The molecule has 0 spiro atoms. The second kappa shape index (κ2) is 26.1. The van der Waals surface area contributed by atoms with Gasteiger partial charge < -0.3 is 4.57 Å². The maximum Gasteiger partial charge on any atom is 0.0948 e. The molecule has 0 aliphatic heterocycles. The van der Waals surface area contributed by atoms with Crippen molar-refractivity contribution in [2.45, 2.75) is 187 Å². The first-order valence-corrected chi connectivity index (χ1v) is 18.4. The maximum absolute atomic E-state index is 4.47. The number of hydrogen-bond acceptors (Lipinski definition) is 1. The van der Waals surface area contributed by atoms with Crippen molar-refractivity contribution in [3.8, 4) is 0 Å². The second-order valence-corrected chi connectivity index (χ2v) is 13.0. The van der Waals surface area contributed by atoms with E-state index in [-0.39, 0.29) is 0 Å². The van der Waals surface area contributed by atoms with E-state index >= 15 is 0 Å². The Morgan fingerprint density at radius 2 is 0.976 bits per heavy atom. The van der Waals surface area contributed by atoms with Crippen molar-refractivity contribution >= 4 is 0 Å². The minimum atomic E-state index is 0.573. The van der Waals surface area contributed by atoms with Crippen LogP contribution in [0.1, 0.15) is 186 Å². The molecule has 1 aromatic heterocycles. The van der Waals surface area contributed by atoms with Crippen LogP contribution < -0.4 is 0 Å². The van der Waals surface area contributed by atoms with Crippen molar-refractivity contribution in [1.82, 2.24) is 9.55 Å². The van der Waals surface area contributed by atoms with Crippen LogP contribution in [0.25, 0.3) is 0 Å². The predicted octanol–water partition coefficient (Wildman–Crippen LogP) is 13.1. The number of aromatic nitrogens is 2. The van der Waals surface area contributed by atoms with Gasteiger partial charge >= 0.3 is 0 Å². The zero-order valence-corrected chi connectivity index (χ0v) is 27.6. The third kappa shape index (κ3) is 18.6. The third-order valence-electron chi connectivity index (χ3n) is 9.32. The molecule has 2 atom stereocenters. The molecule has 0 bridgehead atoms. The van der Waals surface area contributed by atoms with Gasteiger partial charge in [0.1, 0.15) is 0 Å². The summed E-state index contributed by atoms with van der Waals surface area (Å²) in [4.78, 5) is 4.47. The van der Waals surface area contributed by atoms with E-state index in [9.17, 15) is 0 Å². The molecule has 0 radical (unpaired) electrons. The van der Waals surface area contributed by atoms with Crippen molar-refractivity contribution in [1.29, 1.82) is 0 Å². The molecule has 2 unspecified atom stereocenters. The number of hydrogen-bond donors (Lipinski definition) is 0. The number of benzene rings is 1. The molecule has 2 rings (SSSR count). The van der Waals surface area contributed by atoms with Gasteiger partial charge in [0.2, 0.25) is 0 Å². The molecular formula is C39H68N2. The molecule has 234 valence electrons. The Bertz CT molecular complexity index is 768. The predicted molar refractivity (Wildman–Crippen MR) is 182 cm³/mol. The number of imidazole rings is 1. The monoisotopic (exact) mass is 565 g/mol.